The van der Waals surface area contributed by atoms with Gasteiger partial charge in [0.15, 0.2) is 6.10 Å². The van der Waals surface area contributed by atoms with Crippen molar-refractivity contribution in [1.82, 2.24) is 10.3 Å². The maximum Gasteiger partial charge on any atom is 0.341 e. The van der Waals surface area contributed by atoms with E-state index in [2.05, 4.69) is 10.3 Å². The third-order valence-electron chi connectivity index (χ3n) is 2.77. The molecule has 114 valence electrons. The number of alkyl halides is 2. The number of nitrogens with one attached hydrogen (secondary N) is 1. The highest BCUT2D eigenvalue weighted by atomic mass is 32.2. The number of rotatable bonds is 6. The highest BCUT2D eigenvalue weighted by Gasteiger charge is 2.28. The fourth-order valence-corrected chi connectivity index (χ4v) is 2.12. The summed E-state index contributed by atoms with van der Waals surface area (Å²) in [5.74, 6) is -3.93. The van der Waals surface area contributed by atoms with E-state index in [1.54, 1.807) is 0 Å². The van der Waals surface area contributed by atoms with Gasteiger partial charge < -0.3 is 10.1 Å². The molecule has 1 aliphatic carbocycles. The van der Waals surface area contributed by atoms with Crippen LogP contribution in [0.3, 0.4) is 0 Å². The Labute approximate surface area is 124 Å². The minimum Gasteiger partial charge on any atom is -0.449 e. The molecule has 0 unspecified atom stereocenters. The lowest BCUT2D eigenvalue weighted by Crippen LogP contribution is -2.37. The molecule has 8 heteroatoms. The van der Waals surface area contributed by atoms with Gasteiger partial charge in [0.1, 0.15) is 5.03 Å². The number of aromatic nitrogens is 1. The van der Waals surface area contributed by atoms with E-state index < -0.39 is 23.7 Å². The van der Waals surface area contributed by atoms with Crippen molar-refractivity contribution < 1.29 is 23.1 Å². The average molecular weight is 316 g/mol. The number of thioether (sulfide) groups is 1. The number of nitrogens with zero attached hydrogens (tertiary/aromatic N) is 1. The largest absolute Gasteiger partial charge is 0.449 e. The van der Waals surface area contributed by atoms with Crippen LogP contribution in [0.25, 0.3) is 0 Å². The Morgan fingerprint density at radius 2 is 2.19 bits per heavy atom. The standard InChI is InChI=1S/C13H14F2N2O3S/c1-7(10(18)17-8-4-5-8)20-12(19)9-3-2-6-16-11(9)21-13(14)15/h2-3,6-8,13H,4-5H2,1H3,(H,17,18)/t7-/m0/s1. The summed E-state index contributed by atoms with van der Waals surface area (Å²) in [7, 11) is 0. The van der Waals surface area contributed by atoms with Crippen LogP contribution in [0.5, 0.6) is 0 Å². The van der Waals surface area contributed by atoms with Gasteiger partial charge in [0.05, 0.1) is 5.56 Å². The molecule has 1 atom stereocenters. The SMILES string of the molecule is C[C@H](OC(=O)c1cccnc1SC(F)F)C(=O)NC1CC1. The fraction of sp³-hybridized carbons (Fsp3) is 0.462. The first-order valence-corrected chi connectivity index (χ1v) is 7.26. The predicted octanol–water partition coefficient (Wildman–Crippen LogP) is 2.22. The summed E-state index contributed by atoms with van der Waals surface area (Å²) in [6.45, 7) is 1.44. The molecule has 0 spiro atoms. The lowest BCUT2D eigenvalue weighted by Gasteiger charge is -2.14. The quantitative estimate of drug-likeness (QED) is 0.644. The minimum absolute atomic E-state index is 0.0751. The van der Waals surface area contributed by atoms with Crippen molar-refractivity contribution >= 4 is 23.6 Å². The zero-order valence-electron chi connectivity index (χ0n) is 11.2. The van der Waals surface area contributed by atoms with Crippen molar-refractivity contribution in [2.75, 3.05) is 0 Å². The van der Waals surface area contributed by atoms with Crippen LogP contribution in [0.2, 0.25) is 0 Å². The van der Waals surface area contributed by atoms with E-state index in [0.717, 1.165) is 12.8 Å². The average Bonchev–Trinajstić information content (AvgIpc) is 3.22. The highest BCUT2D eigenvalue weighted by molar-refractivity contribution is 7.99. The Bertz CT molecular complexity index is 538. The summed E-state index contributed by atoms with van der Waals surface area (Å²) in [6, 6.07) is 2.94. The number of ether oxygens (including phenoxy) is 1. The van der Waals surface area contributed by atoms with E-state index in [9.17, 15) is 18.4 Å². The van der Waals surface area contributed by atoms with Crippen LogP contribution in [0.15, 0.2) is 23.4 Å². The van der Waals surface area contributed by atoms with Gasteiger partial charge in [-0.25, -0.2) is 9.78 Å². The Hall–Kier alpha value is -1.70. The Morgan fingerprint density at radius 3 is 2.81 bits per heavy atom. The second-order valence-corrected chi connectivity index (χ2v) is 5.54. The molecule has 0 saturated heterocycles. The first-order chi connectivity index (χ1) is 9.97. The van der Waals surface area contributed by atoms with E-state index in [1.807, 2.05) is 0 Å². The van der Waals surface area contributed by atoms with Crippen LogP contribution in [0, 0.1) is 0 Å². The predicted molar refractivity (Wildman–Crippen MR) is 72.1 cm³/mol. The molecule has 1 heterocycles. The molecular weight excluding hydrogens is 302 g/mol. The second-order valence-electron chi connectivity index (χ2n) is 4.57. The molecule has 1 N–H and O–H groups in total. The molecule has 0 bridgehead atoms. The third kappa shape index (κ3) is 4.66. The summed E-state index contributed by atoms with van der Waals surface area (Å²) >= 11 is 0.164. The molecule has 1 aromatic rings. The Morgan fingerprint density at radius 1 is 1.48 bits per heavy atom. The summed E-state index contributed by atoms with van der Waals surface area (Å²) < 4.78 is 29.8. The van der Waals surface area contributed by atoms with Crippen molar-refractivity contribution in [2.24, 2.45) is 0 Å². The normalized spacial score (nSPS) is 15.6. The molecule has 21 heavy (non-hydrogen) atoms. The molecule has 0 aliphatic heterocycles. The van der Waals surface area contributed by atoms with Crippen LogP contribution in [-0.2, 0) is 9.53 Å². The van der Waals surface area contributed by atoms with E-state index >= 15 is 0 Å². The monoisotopic (exact) mass is 316 g/mol. The molecule has 1 fully saturated rings. The molecule has 1 aliphatic rings. The van der Waals surface area contributed by atoms with Gasteiger partial charge in [0.25, 0.3) is 11.7 Å². The van der Waals surface area contributed by atoms with Gasteiger partial charge in [-0.1, -0.05) is 0 Å². The highest BCUT2D eigenvalue weighted by Crippen LogP contribution is 2.27. The topological polar surface area (TPSA) is 68.3 Å². The number of esters is 1. The Balaban J connectivity index is 2.00. The van der Waals surface area contributed by atoms with E-state index in [-0.39, 0.29) is 28.4 Å². The first-order valence-electron chi connectivity index (χ1n) is 6.38. The van der Waals surface area contributed by atoms with Crippen molar-refractivity contribution in [3.8, 4) is 0 Å². The molecule has 5 nitrogen and oxygen atoms in total. The maximum absolute atomic E-state index is 12.4. The molecule has 2 rings (SSSR count). The summed E-state index contributed by atoms with van der Waals surface area (Å²) in [5.41, 5.74) is -0.0751. The number of pyridine rings is 1. The minimum atomic E-state index is -2.69. The van der Waals surface area contributed by atoms with Crippen LogP contribution in [0.1, 0.15) is 30.1 Å². The molecule has 1 amide bonds. The summed E-state index contributed by atoms with van der Waals surface area (Å²) in [4.78, 5) is 27.4. The number of carbonyl (C=O) groups excluding carboxylic acids is 2. The van der Waals surface area contributed by atoms with Crippen LogP contribution in [0.4, 0.5) is 8.78 Å². The number of hydrogen-bond acceptors (Lipinski definition) is 5. The molecule has 0 aromatic carbocycles. The number of amides is 1. The Kier molecular flexibility index (Phi) is 5.11. The lowest BCUT2D eigenvalue weighted by molar-refractivity contribution is -0.129. The zero-order chi connectivity index (χ0) is 15.4. The number of hydrogen-bond donors (Lipinski definition) is 1. The molecular formula is C13H14F2N2O3S. The third-order valence-corrected chi connectivity index (χ3v) is 3.50. The van der Waals surface area contributed by atoms with Gasteiger partial charge in [-0.05, 0) is 43.7 Å². The van der Waals surface area contributed by atoms with Gasteiger partial charge in [0.2, 0.25) is 0 Å². The lowest BCUT2D eigenvalue weighted by atomic mass is 10.3. The number of halogens is 2. The molecule has 1 aromatic heterocycles. The fourth-order valence-electron chi connectivity index (χ4n) is 1.55. The maximum atomic E-state index is 12.4. The van der Waals surface area contributed by atoms with Gasteiger partial charge in [-0.2, -0.15) is 8.78 Å². The van der Waals surface area contributed by atoms with Gasteiger partial charge in [0, 0.05) is 12.2 Å². The van der Waals surface area contributed by atoms with Crippen molar-refractivity contribution in [3.05, 3.63) is 23.9 Å². The van der Waals surface area contributed by atoms with Crippen LogP contribution >= 0.6 is 11.8 Å². The van der Waals surface area contributed by atoms with Crippen molar-refractivity contribution in [2.45, 2.75) is 42.7 Å². The van der Waals surface area contributed by atoms with Crippen LogP contribution < -0.4 is 5.32 Å². The van der Waals surface area contributed by atoms with E-state index in [4.69, 9.17) is 4.74 Å². The summed E-state index contributed by atoms with van der Waals surface area (Å²) in [5, 5.41) is 2.58. The molecule has 0 radical (unpaired) electrons. The summed E-state index contributed by atoms with van der Waals surface area (Å²) in [6.07, 6.45) is 2.17. The second kappa shape index (κ2) is 6.84. The van der Waals surface area contributed by atoms with Gasteiger partial charge in [-0.15, -0.1) is 0 Å². The number of carbonyl (C=O) groups is 2. The molecule has 1 saturated carbocycles. The zero-order valence-corrected chi connectivity index (χ0v) is 12.0. The first kappa shape index (κ1) is 15.7. The smallest absolute Gasteiger partial charge is 0.341 e. The van der Waals surface area contributed by atoms with E-state index in [0.29, 0.717) is 0 Å². The van der Waals surface area contributed by atoms with Crippen molar-refractivity contribution in [1.29, 1.82) is 0 Å². The van der Waals surface area contributed by atoms with Gasteiger partial charge >= 0.3 is 5.97 Å². The van der Waals surface area contributed by atoms with Crippen molar-refractivity contribution in [3.63, 3.8) is 0 Å². The van der Waals surface area contributed by atoms with Crippen LogP contribution in [-0.4, -0.2) is 34.8 Å². The van der Waals surface area contributed by atoms with E-state index in [1.165, 1.54) is 25.3 Å². The van der Waals surface area contributed by atoms with Gasteiger partial charge in [-0.3, -0.25) is 4.79 Å².